The summed E-state index contributed by atoms with van der Waals surface area (Å²) in [6.07, 6.45) is 9.28. The van der Waals surface area contributed by atoms with E-state index in [4.69, 9.17) is 4.74 Å². The monoisotopic (exact) mass is 250 g/mol. The van der Waals surface area contributed by atoms with Crippen LogP contribution in [-0.2, 0) is 0 Å². The van der Waals surface area contributed by atoms with Crippen LogP contribution in [-0.4, -0.2) is 11.2 Å². The minimum Gasteiger partial charge on any atom is -0.508 e. The summed E-state index contributed by atoms with van der Waals surface area (Å²) in [5.74, 6) is 1.12. The molecule has 0 spiro atoms. The molecular formula is C16H26O2. The van der Waals surface area contributed by atoms with Crippen LogP contribution < -0.4 is 4.74 Å². The molecule has 0 amide bonds. The number of hydrogen-bond acceptors (Lipinski definition) is 2. The third-order valence-corrected chi connectivity index (χ3v) is 3.14. The third-order valence-electron chi connectivity index (χ3n) is 3.14. The summed E-state index contributed by atoms with van der Waals surface area (Å²) in [4.78, 5) is 0. The zero-order valence-corrected chi connectivity index (χ0v) is 11.7. The number of benzene rings is 1. The van der Waals surface area contributed by atoms with E-state index in [1.165, 1.54) is 38.5 Å². The minimum absolute atomic E-state index is 0.251. The highest BCUT2D eigenvalue weighted by Crippen LogP contribution is 2.19. The van der Waals surface area contributed by atoms with Gasteiger partial charge in [0.05, 0.1) is 6.10 Å². The summed E-state index contributed by atoms with van der Waals surface area (Å²) < 4.78 is 5.79. The third kappa shape index (κ3) is 6.53. The van der Waals surface area contributed by atoms with Gasteiger partial charge in [-0.1, -0.05) is 39.0 Å². The molecule has 0 aliphatic rings. The first-order valence-corrected chi connectivity index (χ1v) is 7.18. The molecule has 1 atom stereocenters. The van der Waals surface area contributed by atoms with Crippen molar-refractivity contribution in [3.63, 3.8) is 0 Å². The molecule has 1 rings (SSSR count). The van der Waals surface area contributed by atoms with Gasteiger partial charge in [-0.3, -0.25) is 0 Å². The molecule has 1 unspecified atom stereocenters. The van der Waals surface area contributed by atoms with Crippen LogP contribution in [0.5, 0.6) is 11.5 Å². The molecule has 0 heterocycles. The predicted octanol–water partition coefficient (Wildman–Crippen LogP) is 4.91. The Balaban J connectivity index is 2.10. The molecule has 0 aliphatic carbocycles. The van der Waals surface area contributed by atoms with Gasteiger partial charge in [0.2, 0.25) is 0 Å². The molecule has 1 aromatic carbocycles. The number of unbranched alkanes of at least 4 members (excludes halogenated alkanes) is 5. The topological polar surface area (TPSA) is 29.5 Å². The maximum atomic E-state index is 9.18. The Labute approximate surface area is 111 Å². The van der Waals surface area contributed by atoms with Crippen LogP contribution in [0.4, 0.5) is 0 Å². The number of aromatic hydroxyl groups is 1. The van der Waals surface area contributed by atoms with Gasteiger partial charge in [0, 0.05) is 0 Å². The highest BCUT2D eigenvalue weighted by atomic mass is 16.5. The molecule has 0 fully saturated rings. The lowest BCUT2D eigenvalue weighted by Crippen LogP contribution is -2.11. The van der Waals surface area contributed by atoms with Gasteiger partial charge in [0.15, 0.2) is 0 Å². The van der Waals surface area contributed by atoms with Crippen LogP contribution in [0.15, 0.2) is 24.3 Å². The SMILES string of the molecule is CCCCCCCCC(C)Oc1ccc(O)cc1. The molecule has 0 aromatic heterocycles. The average Bonchev–Trinajstić information content (AvgIpc) is 2.36. The van der Waals surface area contributed by atoms with Crippen molar-refractivity contribution >= 4 is 0 Å². The molecule has 2 nitrogen and oxygen atoms in total. The highest BCUT2D eigenvalue weighted by molar-refractivity contribution is 5.30. The van der Waals surface area contributed by atoms with Crippen molar-refractivity contribution in [2.75, 3.05) is 0 Å². The van der Waals surface area contributed by atoms with Crippen molar-refractivity contribution in [3.8, 4) is 11.5 Å². The fourth-order valence-corrected chi connectivity index (χ4v) is 2.03. The zero-order chi connectivity index (χ0) is 13.2. The normalized spacial score (nSPS) is 12.3. The lowest BCUT2D eigenvalue weighted by molar-refractivity contribution is 0.206. The van der Waals surface area contributed by atoms with Gasteiger partial charge in [-0.2, -0.15) is 0 Å². The predicted molar refractivity (Wildman–Crippen MR) is 76.2 cm³/mol. The average molecular weight is 250 g/mol. The first-order chi connectivity index (χ1) is 8.72. The molecule has 1 aromatic rings. The van der Waals surface area contributed by atoms with E-state index >= 15 is 0 Å². The number of hydrogen-bond donors (Lipinski definition) is 1. The molecule has 18 heavy (non-hydrogen) atoms. The summed E-state index contributed by atoms with van der Waals surface area (Å²) in [7, 11) is 0. The summed E-state index contributed by atoms with van der Waals surface area (Å²) in [6.45, 7) is 4.35. The largest absolute Gasteiger partial charge is 0.508 e. The quantitative estimate of drug-likeness (QED) is 0.631. The second-order valence-corrected chi connectivity index (χ2v) is 4.98. The van der Waals surface area contributed by atoms with Crippen LogP contribution in [0.3, 0.4) is 0 Å². The van der Waals surface area contributed by atoms with Crippen LogP contribution >= 0.6 is 0 Å². The van der Waals surface area contributed by atoms with Crippen molar-refractivity contribution in [1.82, 2.24) is 0 Å². The fourth-order valence-electron chi connectivity index (χ4n) is 2.03. The molecule has 2 heteroatoms. The maximum absolute atomic E-state index is 9.18. The number of rotatable bonds is 9. The van der Waals surface area contributed by atoms with Gasteiger partial charge in [0.25, 0.3) is 0 Å². The van der Waals surface area contributed by atoms with E-state index in [1.54, 1.807) is 12.1 Å². The molecular weight excluding hydrogens is 224 g/mol. The number of ether oxygens (including phenoxy) is 1. The Hall–Kier alpha value is -1.18. The van der Waals surface area contributed by atoms with E-state index in [9.17, 15) is 5.11 Å². The van der Waals surface area contributed by atoms with E-state index in [2.05, 4.69) is 13.8 Å². The van der Waals surface area contributed by atoms with Crippen molar-refractivity contribution in [1.29, 1.82) is 0 Å². The van der Waals surface area contributed by atoms with Crippen molar-refractivity contribution in [2.45, 2.75) is 64.9 Å². The molecule has 0 radical (unpaired) electrons. The lowest BCUT2D eigenvalue weighted by atomic mass is 10.1. The van der Waals surface area contributed by atoms with Gasteiger partial charge in [-0.15, -0.1) is 0 Å². The summed E-state index contributed by atoms with van der Waals surface area (Å²) in [5, 5.41) is 9.18. The van der Waals surface area contributed by atoms with Crippen LogP contribution in [0.2, 0.25) is 0 Å². The van der Waals surface area contributed by atoms with Crippen LogP contribution in [0.25, 0.3) is 0 Å². The minimum atomic E-state index is 0.251. The standard InChI is InChI=1S/C16H26O2/c1-3-4-5-6-7-8-9-14(2)18-16-12-10-15(17)11-13-16/h10-14,17H,3-9H2,1-2H3. The Kier molecular flexibility index (Phi) is 7.31. The van der Waals surface area contributed by atoms with Gasteiger partial charge in [-0.25, -0.2) is 0 Å². The maximum Gasteiger partial charge on any atom is 0.119 e. The Morgan fingerprint density at radius 1 is 1.00 bits per heavy atom. The second-order valence-electron chi connectivity index (χ2n) is 4.98. The van der Waals surface area contributed by atoms with Crippen LogP contribution in [0, 0.1) is 0 Å². The smallest absolute Gasteiger partial charge is 0.119 e. The summed E-state index contributed by atoms with van der Waals surface area (Å²) in [6, 6.07) is 6.94. The first kappa shape index (κ1) is 14.9. The van der Waals surface area contributed by atoms with Crippen molar-refractivity contribution < 1.29 is 9.84 Å². The van der Waals surface area contributed by atoms with Crippen molar-refractivity contribution in [2.24, 2.45) is 0 Å². The van der Waals surface area contributed by atoms with Gasteiger partial charge in [-0.05, 0) is 44.0 Å². The molecule has 0 bridgehead atoms. The van der Waals surface area contributed by atoms with E-state index < -0.39 is 0 Å². The first-order valence-electron chi connectivity index (χ1n) is 7.18. The summed E-state index contributed by atoms with van der Waals surface area (Å²) >= 11 is 0. The molecule has 0 saturated heterocycles. The molecule has 1 N–H and O–H groups in total. The lowest BCUT2D eigenvalue weighted by Gasteiger charge is -2.14. The molecule has 102 valence electrons. The van der Waals surface area contributed by atoms with Gasteiger partial charge < -0.3 is 9.84 Å². The van der Waals surface area contributed by atoms with Gasteiger partial charge in [0.1, 0.15) is 11.5 Å². The van der Waals surface area contributed by atoms with E-state index in [0.717, 1.165) is 12.2 Å². The Bertz CT molecular complexity index is 305. The summed E-state index contributed by atoms with van der Waals surface area (Å²) in [5.41, 5.74) is 0. The fraction of sp³-hybridized carbons (Fsp3) is 0.625. The van der Waals surface area contributed by atoms with E-state index in [-0.39, 0.29) is 11.9 Å². The molecule has 0 saturated carbocycles. The Morgan fingerprint density at radius 2 is 1.61 bits per heavy atom. The van der Waals surface area contributed by atoms with E-state index in [0.29, 0.717) is 0 Å². The second kappa shape index (κ2) is 8.84. The highest BCUT2D eigenvalue weighted by Gasteiger charge is 2.03. The Morgan fingerprint density at radius 3 is 2.28 bits per heavy atom. The zero-order valence-electron chi connectivity index (χ0n) is 11.7. The van der Waals surface area contributed by atoms with Crippen molar-refractivity contribution in [3.05, 3.63) is 24.3 Å². The van der Waals surface area contributed by atoms with E-state index in [1.807, 2.05) is 12.1 Å². The number of phenolic OH excluding ortho intramolecular Hbond substituents is 1. The number of phenols is 1. The van der Waals surface area contributed by atoms with Crippen LogP contribution in [0.1, 0.15) is 58.8 Å². The molecule has 0 aliphatic heterocycles. The van der Waals surface area contributed by atoms with Gasteiger partial charge >= 0.3 is 0 Å².